The van der Waals surface area contributed by atoms with E-state index in [1.165, 1.54) is 11.8 Å². The van der Waals surface area contributed by atoms with Crippen molar-refractivity contribution >= 4 is 66.3 Å². The van der Waals surface area contributed by atoms with Crippen LogP contribution in [-0.4, -0.2) is 56.2 Å². The highest BCUT2D eigenvalue weighted by Crippen LogP contribution is 2.39. The number of fused-ring (bicyclic) bond motifs is 1. The van der Waals surface area contributed by atoms with Gasteiger partial charge in [-0.25, -0.2) is 8.42 Å². The number of halogens is 2. The van der Waals surface area contributed by atoms with Crippen molar-refractivity contribution in [1.82, 2.24) is 15.1 Å². The second kappa shape index (κ2) is 13.2. The van der Waals surface area contributed by atoms with Crippen LogP contribution in [0.3, 0.4) is 0 Å². The molecule has 0 fully saturated rings. The molecule has 5 aromatic rings. The number of benzene rings is 3. The van der Waals surface area contributed by atoms with Crippen LogP contribution in [0.2, 0.25) is 5.02 Å². The topological polar surface area (TPSA) is 88.8 Å². The predicted molar refractivity (Wildman–Crippen MR) is 181 cm³/mol. The van der Waals surface area contributed by atoms with Gasteiger partial charge in [-0.1, -0.05) is 41.4 Å². The Bertz CT molecular complexity index is 1880. The van der Waals surface area contributed by atoms with E-state index in [9.17, 15) is 8.42 Å². The van der Waals surface area contributed by atoms with Gasteiger partial charge in [0.2, 0.25) is 0 Å². The van der Waals surface area contributed by atoms with Crippen LogP contribution in [0.15, 0.2) is 77.3 Å². The average Bonchev–Trinajstić information content (AvgIpc) is 3.43. The lowest BCUT2D eigenvalue weighted by Gasteiger charge is -2.23. The monoisotopic (exact) mass is 730 g/mol. The number of hydrogen-bond donors (Lipinski definition) is 0. The van der Waals surface area contributed by atoms with Gasteiger partial charge >= 0.3 is 0 Å². The molecule has 0 saturated heterocycles. The molecule has 3 aromatic carbocycles. The van der Waals surface area contributed by atoms with E-state index in [4.69, 9.17) is 20.8 Å². The summed E-state index contributed by atoms with van der Waals surface area (Å²) >= 11 is 9.00. The van der Waals surface area contributed by atoms with Crippen molar-refractivity contribution < 1.29 is 17.6 Å². The van der Waals surface area contributed by atoms with Crippen LogP contribution in [0.1, 0.15) is 16.9 Å². The molecule has 5 rings (SSSR count). The van der Waals surface area contributed by atoms with Crippen molar-refractivity contribution in [2.24, 2.45) is 0 Å². The average molecular weight is 731 g/mol. The summed E-state index contributed by atoms with van der Waals surface area (Å²) in [6, 6.07) is 21.8. The number of anilines is 2. The van der Waals surface area contributed by atoms with Crippen LogP contribution in [0.4, 0.5) is 11.4 Å². The maximum absolute atomic E-state index is 11.5. The molecule has 0 unspecified atom stereocenters. The fourth-order valence-electron chi connectivity index (χ4n) is 4.73. The van der Waals surface area contributed by atoms with E-state index in [0.29, 0.717) is 36.2 Å². The molecule has 0 bridgehead atoms. The molecule has 0 aliphatic rings. The summed E-state index contributed by atoms with van der Waals surface area (Å²) in [6.45, 7) is 3.43. The number of aryl methyl sites for hydroxylation is 1. The number of hydrogen-bond acceptors (Lipinski definition) is 8. The van der Waals surface area contributed by atoms with Gasteiger partial charge in [0.1, 0.15) is 33.7 Å². The molecule has 0 amide bonds. The van der Waals surface area contributed by atoms with Gasteiger partial charge in [0, 0.05) is 34.4 Å². The SMILES string of the molecule is Cc1cccc(COc2cc(I)c(N(C)c3cnnc4ccc(-c5ccc(CN(C)CCS(C)(=O)=O)o5)cc34)cc2Cl)c1. The van der Waals surface area contributed by atoms with E-state index in [2.05, 4.69) is 51.8 Å². The highest BCUT2D eigenvalue weighted by molar-refractivity contribution is 14.1. The second-order valence-electron chi connectivity index (χ2n) is 10.7. The van der Waals surface area contributed by atoms with Crippen LogP contribution in [0.5, 0.6) is 5.75 Å². The normalized spacial score (nSPS) is 11.8. The molecule has 2 heterocycles. The molecule has 0 aliphatic carbocycles. The summed E-state index contributed by atoms with van der Waals surface area (Å²) in [5, 5.41) is 10.0. The Hall–Kier alpha value is -3.19. The van der Waals surface area contributed by atoms with Gasteiger partial charge in [0.15, 0.2) is 0 Å². The van der Waals surface area contributed by atoms with Gasteiger partial charge in [-0.3, -0.25) is 4.90 Å². The molecule has 2 aromatic heterocycles. The molecular formula is C32H32ClIN4O4S. The van der Waals surface area contributed by atoms with E-state index < -0.39 is 9.84 Å². The Morgan fingerprint density at radius 2 is 1.84 bits per heavy atom. The zero-order valence-corrected chi connectivity index (χ0v) is 28.1. The van der Waals surface area contributed by atoms with E-state index in [-0.39, 0.29) is 5.75 Å². The minimum atomic E-state index is -3.02. The highest BCUT2D eigenvalue weighted by Gasteiger charge is 2.17. The Balaban J connectivity index is 1.37. The first-order valence-corrected chi connectivity index (χ1v) is 17.1. The first-order valence-electron chi connectivity index (χ1n) is 13.6. The van der Waals surface area contributed by atoms with Crippen LogP contribution in [-0.2, 0) is 23.0 Å². The largest absolute Gasteiger partial charge is 0.487 e. The summed E-state index contributed by atoms with van der Waals surface area (Å²) in [5.41, 5.74) is 5.68. The van der Waals surface area contributed by atoms with E-state index >= 15 is 0 Å². The van der Waals surface area contributed by atoms with Crippen molar-refractivity contribution in [3.63, 3.8) is 0 Å². The summed E-state index contributed by atoms with van der Waals surface area (Å²) in [4.78, 5) is 3.97. The summed E-state index contributed by atoms with van der Waals surface area (Å²) in [6.07, 6.45) is 2.98. The van der Waals surface area contributed by atoms with Crippen molar-refractivity contribution in [2.45, 2.75) is 20.1 Å². The molecule has 8 nitrogen and oxygen atoms in total. The van der Waals surface area contributed by atoms with Gasteiger partial charge in [-0.05, 0) is 84.6 Å². The summed E-state index contributed by atoms with van der Waals surface area (Å²) in [5.74, 6) is 2.20. The van der Waals surface area contributed by atoms with Crippen molar-refractivity contribution in [3.05, 3.63) is 98.4 Å². The van der Waals surface area contributed by atoms with Crippen LogP contribution in [0, 0.1) is 10.5 Å². The Labute approximate surface area is 270 Å². The highest BCUT2D eigenvalue weighted by atomic mass is 127. The maximum atomic E-state index is 11.5. The second-order valence-corrected chi connectivity index (χ2v) is 14.5. The molecule has 224 valence electrons. The van der Waals surface area contributed by atoms with E-state index in [1.54, 1.807) is 6.20 Å². The first-order chi connectivity index (χ1) is 20.5. The standard InChI is InChI=1S/C32H32ClIN4O4S/c1-21-6-5-7-22(14-21)20-41-32-17-27(34)29(16-26(32)33)38(3)30-18-35-36-28-10-8-23(15-25(28)30)31-11-9-24(42-31)19-37(2)12-13-43(4,39)40/h5-11,14-18H,12-13,19-20H2,1-4H3. The quantitative estimate of drug-likeness (QED) is 0.131. The molecule has 43 heavy (non-hydrogen) atoms. The van der Waals surface area contributed by atoms with E-state index in [0.717, 1.165) is 42.7 Å². The third-order valence-corrected chi connectivity index (χ3v) is 9.12. The van der Waals surface area contributed by atoms with Gasteiger partial charge in [-0.15, -0.1) is 0 Å². The molecule has 11 heteroatoms. The molecule has 0 atom stereocenters. The number of nitrogens with zero attached hydrogens (tertiary/aromatic N) is 4. The van der Waals surface area contributed by atoms with Crippen molar-refractivity contribution in [2.75, 3.05) is 37.5 Å². The fourth-order valence-corrected chi connectivity index (χ4v) is 6.38. The van der Waals surface area contributed by atoms with Gasteiger partial charge < -0.3 is 14.1 Å². The summed E-state index contributed by atoms with van der Waals surface area (Å²) in [7, 11) is 0.825. The molecular weight excluding hydrogens is 699 g/mol. The van der Waals surface area contributed by atoms with Gasteiger partial charge in [0.05, 0.1) is 40.4 Å². The lowest BCUT2D eigenvalue weighted by atomic mass is 10.1. The molecule has 0 N–H and O–H groups in total. The van der Waals surface area contributed by atoms with Crippen molar-refractivity contribution in [1.29, 1.82) is 0 Å². The molecule has 0 radical (unpaired) electrons. The Morgan fingerprint density at radius 3 is 2.60 bits per heavy atom. The third-order valence-electron chi connectivity index (χ3n) is 7.03. The van der Waals surface area contributed by atoms with Crippen LogP contribution in [0.25, 0.3) is 22.2 Å². The molecule has 0 saturated carbocycles. The number of furan rings is 1. The number of aromatic nitrogens is 2. The first kappa shape index (κ1) is 31.2. The zero-order chi connectivity index (χ0) is 30.7. The molecule has 0 aliphatic heterocycles. The Kier molecular flexibility index (Phi) is 9.60. The van der Waals surface area contributed by atoms with Crippen LogP contribution < -0.4 is 9.64 Å². The fraction of sp³-hybridized carbons (Fsp3) is 0.250. The van der Waals surface area contributed by atoms with Gasteiger partial charge in [0.25, 0.3) is 0 Å². The predicted octanol–water partition coefficient (Wildman–Crippen LogP) is 7.28. The minimum Gasteiger partial charge on any atom is -0.487 e. The zero-order valence-electron chi connectivity index (χ0n) is 24.3. The van der Waals surface area contributed by atoms with Crippen LogP contribution >= 0.6 is 34.2 Å². The number of ether oxygens (including phenoxy) is 1. The minimum absolute atomic E-state index is 0.104. The third kappa shape index (κ3) is 7.86. The smallest absolute Gasteiger partial charge is 0.148 e. The number of rotatable bonds is 11. The Morgan fingerprint density at radius 1 is 1.02 bits per heavy atom. The van der Waals surface area contributed by atoms with Gasteiger partial charge in [-0.2, -0.15) is 10.2 Å². The maximum Gasteiger partial charge on any atom is 0.148 e. The lowest BCUT2D eigenvalue weighted by molar-refractivity contribution is 0.306. The lowest BCUT2D eigenvalue weighted by Crippen LogP contribution is -2.24. The molecule has 0 spiro atoms. The number of sulfone groups is 1. The summed E-state index contributed by atoms with van der Waals surface area (Å²) < 4.78 is 36.2. The van der Waals surface area contributed by atoms with E-state index in [1.807, 2.05) is 78.5 Å². The van der Waals surface area contributed by atoms with Crippen molar-refractivity contribution in [3.8, 4) is 17.1 Å².